The van der Waals surface area contributed by atoms with Crippen LogP contribution in [0.2, 0.25) is 0 Å². The van der Waals surface area contributed by atoms with Crippen LogP contribution in [0.25, 0.3) is 0 Å². The second-order valence-corrected chi connectivity index (χ2v) is 6.00. The highest BCUT2D eigenvalue weighted by Gasteiger charge is 2.23. The summed E-state index contributed by atoms with van der Waals surface area (Å²) in [7, 11) is 0.641. The third-order valence-electron chi connectivity index (χ3n) is 2.18. The maximum atomic E-state index is 13.5. The van der Waals surface area contributed by atoms with Crippen molar-refractivity contribution in [1.29, 1.82) is 0 Å². The second kappa shape index (κ2) is 5.18. The van der Waals surface area contributed by atoms with E-state index in [1.807, 2.05) is 6.92 Å². The minimum absolute atomic E-state index is 0.303. The van der Waals surface area contributed by atoms with Crippen LogP contribution in [-0.2, 0) is 9.05 Å². The van der Waals surface area contributed by atoms with E-state index in [2.05, 4.69) is 0 Å². The van der Waals surface area contributed by atoms with Gasteiger partial charge in [0.1, 0.15) is 4.90 Å². The Morgan fingerprint density at radius 2 is 1.94 bits per heavy atom. The molecular formula is C10H11ClF2O3S. The van der Waals surface area contributed by atoms with Crippen LogP contribution < -0.4 is 4.74 Å². The van der Waals surface area contributed by atoms with Gasteiger partial charge in [0.05, 0.1) is 6.10 Å². The van der Waals surface area contributed by atoms with Gasteiger partial charge in [0.25, 0.3) is 9.05 Å². The van der Waals surface area contributed by atoms with Gasteiger partial charge in [-0.3, -0.25) is 0 Å². The molecule has 1 atom stereocenters. The van der Waals surface area contributed by atoms with Crippen molar-refractivity contribution < 1.29 is 21.9 Å². The quantitative estimate of drug-likeness (QED) is 0.798. The summed E-state index contributed by atoms with van der Waals surface area (Å²) < 4.78 is 53.8. The fraction of sp³-hybridized carbons (Fsp3) is 0.400. The van der Waals surface area contributed by atoms with Crippen molar-refractivity contribution in [3.05, 3.63) is 23.8 Å². The molecule has 0 heterocycles. The van der Waals surface area contributed by atoms with Crippen molar-refractivity contribution in [3.63, 3.8) is 0 Å². The highest BCUT2D eigenvalue weighted by atomic mass is 35.7. The van der Waals surface area contributed by atoms with Gasteiger partial charge in [0.2, 0.25) is 5.82 Å². The number of benzene rings is 1. The molecule has 1 aromatic rings. The Hall–Kier alpha value is -0.880. The van der Waals surface area contributed by atoms with Gasteiger partial charge in [-0.2, -0.15) is 4.39 Å². The first-order chi connectivity index (χ1) is 7.77. The summed E-state index contributed by atoms with van der Waals surface area (Å²) in [6.45, 7) is 3.50. The van der Waals surface area contributed by atoms with Gasteiger partial charge in [0, 0.05) is 10.7 Å². The molecule has 0 aromatic heterocycles. The van der Waals surface area contributed by atoms with E-state index >= 15 is 0 Å². The van der Waals surface area contributed by atoms with E-state index in [1.54, 1.807) is 6.92 Å². The maximum Gasteiger partial charge on any atom is 0.264 e. The van der Waals surface area contributed by atoms with Crippen molar-refractivity contribution in [2.45, 2.75) is 31.3 Å². The topological polar surface area (TPSA) is 43.4 Å². The molecule has 0 fully saturated rings. The standard InChI is InChI=1S/C10H11ClF2O3S/c1-3-6(2)16-7-4-5-8(17(11,14)15)10(13)9(7)12/h4-6H,3H2,1-2H3. The second-order valence-electron chi connectivity index (χ2n) is 3.46. The molecule has 1 rings (SSSR count). The maximum absolute atomic E-state index is 13.5. The molecule has 1 unspecified atom stereocenters. The molecule has 17 heavy (non-hydrogen) atoms. The van der Waals surface area contributed by atoms with Crippen LogP contribution in [0.15, 0.2) is 17.0 Å². The number of ether oxygens (including phenoxy) is 1. The van der Waals surface area contributed by atoms with Crippen LogP contribution >= 0.6 is 10.7 Å². The van der Waals surface area contributed by atoms with E-state index in [-0.39, 0.29) is 11.9 Å². The van der Waals surface area contributed by atoms with E-state index in [4.69, 9.17) is 15.4 Å². The van der Waals surface area contributed by atoms with Gasteiger partial charge in [-0.1, -0.05) is 6.92 Å². The molecular weight excluding hydrogens is 274 g/mol. The fourth-order valence-electron chi connectivity index (χ4n) is 1.09. The Balaban J connectivity index is 3.20. The van der Waals surface area contributed by atoms with Crippen molar-refractivity contribution in [2.24, 2.45) is 0 Å². The van der Waals surface area contributed by atoms with Gasteiger partial charge in [0.15, 0.2) is 11.6 Å². The van der Waals surface area contributed by atoms with Crippen LogP contribution in [0.1, 0.15) is 20.3 Å². The largest absolute Gasteiger partial charge is 0.488 e. The van der Waals surface area contributed by atoms with E-state index in [1.165, 1.54) is 0 Å². The molecule has 0 aliphatic heterocycles. The van der Waals surface area contributed by atoms with Crippen LogP contribution in [0.5, 0.6) is 5.75 Å². The molecule has 96 valence electrons. The van der Waals surface area contributed by atoms with Gasteiger partial charge >= 0.3 is 0 Å². The molecule has 0 amide bonds. The zero-order chi connectivity index (χ0) is 13.2. The number of hydrogen-bond acceptors (Lipinski definition) is 3. The number of halogens is 3. The van der Waals surface area contributed by atoms with E-state index < -0.39 is 25.6 Å². The van der Waals surface area contributed by atoms with E-state index in [0.29, 0.717) is 6.42 Å². The SMILES string of the molecule is CCC(C)Oc1ccc(S(=O)(=O)Cl)c(F)c1F. The molecule has 0 N–H and O–H groups in total. The van der Waals surface area contributed by atoms with Gasteiger partial charge in [-0.25, -0.2) is 12.8 Å². The summed E-state index contributed by atoms with van der Waals surface area (Å²) in [6.07, 6.45) is 0.304. The Labute approximate surface area is 103 Å². The predicted molar refractivity (Wildman–Crippen MR) is 59.8 cm³/mol. The first-order valence-electron chi connectivity index (χ1n) is 4.86. The minimum atomic E-state index is -4.31. The third kappa shape index (κ3) is 3.29. The molecule has 0 aliphatic carbocycles. The summed E-state index contributed by atoms with van der Waals surface area (Å²) in [5.41, 5.74) is 0. The Morgan fingerprint density at radius 1 is 1.35 bits per heavy atom. The number of hydrogen-bond donors (Lipinski definition) is 0. The molecule has 1 aromatic carbocycles. The van der Waals surface area contributed by atoms with Crippen molar-refractivity contribution in [3.8, 4) is 5.75 Å². The number of rotatable bonds is 4. The lowest BCUT2D eigenvalue weighted by molar-refractivity contribution is 0.204. The van der Waals surface area contributed by atoms with E-state index in [9.17, 15) is 17.2 Å². The molecule has 0 saturated heterocycles. The predicted octanol–water partition coefficient (Wildman–Crippen LogP) is 3.07. The molecule has 0 bridgehead atoms. The van der Waals surface area contributed by atoms with Gasteiger partial charge < -0.3 is 4.74 Å². The lowest BCUT2D eigenvalue weighted by atomic mass is 10.3. The Bertz CT molecular complexity index is 517. The highest BCUT2D eigenvalue weighted by Crippen LogP contribution is 2.28. The van der Waals surface area contributed by atoms with Crippen LogP contribution in [0, 0.1) is 11.6 Å². The molecule has 0 radical (unpaired) electrons. The minimum Gasteiger partial charge on any atom is -0.488 e. The third-order valence-corrected chi connectivity index (χ3v) is 3.52. The Morgan fingerprint density at radius 3 is 2.41 bits per heavy atom. The normalized spacial score (nSPS) is 13.5. The van der Waals surface area contributed by atoms with Crippen molar-refractivity contribution in [2.75, 3.05) is 0 Å². The summed E-state index contributed by atoms with van der Waals surface area (Å²) >= 11 is 0. The smallest absolute Gasteiger partial charge is 0.264 e. The van der Waals surface area contributed by atoms with Crippen LogP contribution in [-0.4, -0.2) is 14.5 Å². The zero-order valence-electron chi connectivity index (χ0n) is 9.21. The fourth-order valence-corrected chi connectivity index (χ4v) is 1.99. The average molecular weight is 285 g/mol. The monoisotopic (exact) mass is 284 g/mol. The molecule has 7 heteroatoms. The van der Waals surface area contributed by atoms with Gasteiger partial charge in [-0.15, -0.1) is 0 Å². The van der Waals surface area contributed by atoms with Crippen molar-refractivity contribution >= 4 is 19.7 Å². The zero-order valence-corrected chi connectivity index (χ0v) is 10.8. The summed E-state index contributed by atoms with van der Waals surface area (Å²) in [6, 6.07) is 1.91. The van der Waals surface area contributed by atoms with Crippen LogP contribution in [0.4, 0.5) is 8.78 Å². The first kappa shape index (κ1) is 14.2. The Kier molecular flexibility index (Phi) is 4.32. The van der Waals surface area contributed by atoms with E-state index in [0.717, 1.165) is 12.1 Å². The lowest BCUT2D eigenvalue weighted by Gasteiger charge is -2.13. The van der Waals surface area contributed by atoms with Gasteiger partial charge in [-0.05, 0) is 25.5 Å². The summed E-state index contributed by atoms with van der Waals surface area (Å²) in [4.78, 5) is -0.895. The average Bonchev–Trinajstić information content (AvgIpc) is 2.22. The summed E-state index contributed by atoms with van der Waals surface area (Å²) in [5, 5.41) is 0. The molecule has 0 aliphatic rings. The molecule has 0 saturated carbocycles. The first-order valence-corrected chi connectivity index (χ1v) is 7.17. The summed E-state index contributed by atoms with van der Waals surface area (Å²) in [5.74, 6) is -3.21. The van der Waals surface area contributed by atoms with Crippen LogP contribution in [0.3, 0.4) is 0 Å². The highest BCUT2D eigenvalue weighted by molar-refractivity contribution is 8.13. The lowest BCUT2D eigenvalue weighted by Crippen LogP contribution is -2.12. The van der Waals surface area contributed by atoms with Crippen molar-refractivity contribution in [1.82, 2.24) is 0 Å². The molecule has 3 nitrogen and oxygen atoms in total. The molecule has 0 spiro atoms.